The maximum absolute atomic E-state index is 12.2. The lowest BCUT2D eigenvalue weighted by atomic mass is 10.1. The molecule has 5 nitrogen and oxygen atoms in total. The summed E-state index contributed by atoms with van der Waals surface area (Å²) in [4.78, 5) is 12.2. The molecule has 0 unspecified atom stereocenters. The van der Waals surface area contributed by atoms with Crippen molar-refractivity contribution in [1.82, 2.24) is 0 Å². The molecule has 1 fully saturated rings. The maximum atomic E-state index is 12.2. The Morgan fingerprint density at radius 1 is 1.04 bits per heavy atom. The molecule has 0 radical (unpaired) electrons. The Morgan fingerprint density at radius 3 is 2.26 bits per heavy atom. The van der Waals surface area contributed by atoms with E-state index in [1.54, 1.807) is 24.3 Å². The van der Waals surface area contributed by atoms with Crippen LogP contribution in [0.2, 0.25) is 0 Å². The summed E-state index contributed by atoms with van der Waals surface area (Å²) in [7, 11) is -3.19. The fourth-order valence-electron chi connectivity index (χ4n) is 2.55. The number of anilines is 2. The van der Waals surface area contributed by atoms with E-state index in [1.807, 2.05) is 31.2 Å². The predicted molar refractivity (Wildman–Crippen MR) is 91.3 cm³/mol. The predicted octanol–water partition coefficient (Wildman–Crippen LogP) is 2.79. The zero-order valence-electron chi connectivity index (χ0n) is 12.8. The molecule has 1 N–H and O–H groups in total. The zero-order valence-corrected chi connectivity index (χ0v) is 13.6. The minimum absolute atomic E-state index is 0.183. The average molecular weight is 330 g/mol. The molecule has 0 bridgehead atoms. The highest BCUT2D eigenvalue weighted by molar-refractivity contribution is 7.93. The van der Waals surface area contributed by atoms with E-state index < -0.39 is 10.0 Å². The lowest BCUT2D eigenvalue weighted by Crippen LogP contribution is -2.25. The van der Waals surface area contributed by atoms with Gasteiger partial charge in [-0.3, -0.25) is 9.10 Å². The van der Waals surface area contributed by atoms with Crippen LogP contribution < -0.4 is 9.62 Å². The summed E-state index contributed by atoms with van der Waals surface area (Å²) < 4.78 is 25.2. The number of rotatable bonds is 3. The lowest BCUT2D eigenvalue weighted by Gasteiger charge is -2.17. The first-order valence-electron chi connectivity index (χ1n) is 7.44. The molecule has 0 atom stereocenters. The van der Waals surface area contributed by atoms with Crippen LogP contribution in [0.1, 0.15) is 22.3 Å². The van der Waals surface area contributed by atoms with Crippen molar-refractivity contribution in [3.63, 3.8) is 0 Å². The summed E-state index contributed by atoms with van der Waals surface area (Å²) in [5.74, 6) is -0.0347. The molecule has 1 amide bonds. The minimum Gasteiger partial charge on any atom is -0.322 e. The monoisotopic (exact) mass is 330 g/mol. The van der Waals surface area contributed by atoms with Crippen molar-refractivity contribution >= 4 is 27.3 Å². The second kappa shape index (κ2) is 6.04. The smallest absolute Gasteiger partial charge is 0.255 e. The van der Waals surface area contributed by atoms with E-state index in [0.29, 0.717) is 24.2 Å². The molecule has 120 valence electrons. The first kappa shape index (κ1) is 15.6. The number of hydrogen-bond acceptors (Lipinski definition) is 3. The van der Waals surface area contributed by atoms with Crippen molar-refractivity contribution in [2.24, 2.45) is 0 Å². The highest BCUT2D eigenvalue weighted by Gasteiger charge is 2.28. The van der Waals surface area contributed by atoms with Gasteiger partial charge in [-0.2, -0.15) is 0 Å². The van der Waals surface area contributed by atoms with E-state index in [9.17, 15) is 13.2 Å². The van der Waals surface area contributed by atoms with Gasteiger partial charge in [0.25, 0.3) is 5.91 Å². The van der Waals surface area contributed by atoms with Gasteiger partial charge in [0.15, 0.2) is 0 Å². The van der Waals surface area contributed by atoms with Gasteiger partial charge in [-0.05, 0) is 49.7 Å². The van der Waals surface area contributed by atoms with Crippen molar-refractivity contribution in [2.45, 2.75) is 13.3 Å². The third kappa shape index (κ3) is 3.37. The second-order valence-corrected chi connectivity index (χ2v) is 7.62. The second-order valence-electron chi connectivity index (χ2n) is 5.61. The van der Waals surface area contributed by atoms with Gasteiger partial charge in [0.1, 0.15) is 0 Å². The Bertz CT molecular complexity index is 812. The summed E-state index contributed by atoms with van der Waals surface area (Å²) in [5.41, 5.74) is 2.95. The van der Waals surface area contributed by atoms with Gasteiger partial charge in [-0.1, -0.05) is 17.7 Å². The Labute approximate surface area is 136 Å². The van der Waals surface area contributed by atoms with Gasteiger partial charge in [-0.15, -0.1) is 0 Å². The van der Waals surface area contributed by atoms with Crippen molar-refractivity contribution in [3.05, 3.63) is 59.7 Å². The largest absolute Gasteiger partial charge is 0.322 e. The highest BCUT2D eigenvalue weighted by atomic mass is 32.2. The van der Waals surface area contributed by atoms with Gasteiger partial charge in [0.05, 0.1) is 11.4 Å². The first-order valence-corrected chi connectivity index (χ1v) is 9.05. The third-order valence-electron chi connectivity index (χ3n) is 3.83. The molecule has 1 aliphatic heterocycles. The number of nitrogens with zero attached hydrogens (tertiary/aromatic N) is 1. The summed E-state index contributed by atoms with van der Waals surface area (Å²) in [6.45, 7) is 2.48. The number of nitrogens with one attached hydrogen (secondary N) is 1. The van der Waals surface area contributed by atoms with Crippen molar-refractivity contribution in [2.75, 3.05) is 21.9 Å². The summed E-state index contributed by atoms with van der Waals surface area (Å²) >= 11 is 0. The van der Waals surface area contributed by atoms with Crippen LogP contribution >= 0.6 is 0 Å². The topological polar surface area (TPSA) is 66.5 Å². The number of carbonyl (C=O) groups excluding carboxylic acids is 1. The van der Waals surface area contributed by atoms with Crippen LogP contribution in [0.3, 0.4) is 0 Å². The summed E-state index contributed by atoms with van der Waals surface area (Å²) in [5, 5.41) is 2.82. The van der Waals surface area contributed by atoms with Crippen LogP contribution in [0.25, 0.3) is 0 Å². The van der Waals surface area contributed by atoms with Gasteiger partial charge in [0, 0.05) is 17.8 Å². The van der Waals surface area contributed by atoms with E-state index >= 15 is 0 Å². The summed E-state index contributed by atoms with van der Waals surface area (Å²) in [6.07, 6.45) is 0.637. The van der Waals surface area contributed by atoms with E-state index in [2.05, 4.69) is 5.32 Å². The van der Waals surface area contributed by atoms with Gasteiger partial charge in [0.2, 0.25) is 10.0 Å². The summed E-state index contributed by atoms with van der Waals surface area (Å²) in [6, 6.07) is 14.2. The molecule has 0 aromatic heterocycles. The number of amides is 1. The number of hydrogen-bond donors (Lipinski definition) is 1. The molecule has 0 saturated carbocycles. The Kier molecular flexibility index (Phi) is 4.09. The fraction of sp³-hybridized carbons (Fsp3) is 0.235. The molecule has 1 aliphatic rings. The molecule has 23 heavy (non-hydrogen) atoms. The number of carbonyl (C=O) groups is 1. The maximum Gasteiger partial charge on any atom is 0.255 e. The molecule has 1 heterocycles. The van der Waals surface area contributed by atoms with Crippen LogP contribution in [-0.2, 0) is 10.0 Å². The van der Waals surface area contributed by atoms with Crippen LogP contribution in [0, 0.1) is 6.92 Å². The van der Waals surface area contributed by atoms with E-state index in [4.69, 9.17) is 0 Å². The molecule has 1 saturated heterocycles. The Balaban J connectivity index is 1.74. The average Bonchev–Trinajstić information content (AvgIpc) is 2.89. The van der Waals surface area contributed by atoms with Gasteiger partial charge in [-0.25, -0.2) is 8.42 Å². The van der Waals surface area contributed by atoms with Crippen molar-refractivity contribution in [3.8, 4) is 0 Å². The molecular weight excluding hydrogens is 312 g/mol. The van der Waals surface area contributed by atoms with E-state index in [-0.39, 0.29) is 11.7 Å². The van der Waals surface area contributed by atoms with E-state index in [0.717, 1.165) is 11.3 Å². The normalized spacial score (nSPS) is 16.3. The molecule has 2 aromatic rings. The quantitative estimate of drug-likeness (QED) is 0.941. The Morgan fingerprint density at radius 2 is 1.70 bits per heavy atom. The third-order valence-corrected chi connectivity index (χ3v) is 5.70. The zero-order chi connectivity index (χ0) is 16.4. The molecule has 0 spiro atoms. The van der Waals surface area contributed by atoms with Gasteiger partial charge >= 0.3 is 0 Å². The van der Waals surface area contributed by atoms with Crippen LogP contribution in [-0.4, -0.2) is 26.6 Å². The standard InChI is InChI=1S/C17H18N2O3S/c1-13-3-7-15(8-4-13)18-17(20)14-5-9-16(10-6-14)19-11-2-12-23(19,21)22/h3-10H,2,11-12H2,1H3,(H,18,20). The first-order chi connectivity index (χ1) is 11.0. The molecular formula is C17H18N2O3S. The number of benzene rings is 2. The SMILES string of the molecule is Cc1ccc(NC(=O)c2ccc(N3CCCS3(=O)=O)cc2)cc1. The Hall–Kier alpha value is -2.34. The molecule has 3 rings (SSSR count). The number of sulfonamides is 1. The molecule has 0 aliphatic carbocycles. The van der Waals surface area contributed by atoms with Crippen molar-refractivity contribution < 1.29 is 13.2 Å². The van der Waals surface area contributed by atoms with Crippen molar-refractivity contribution in [1.29, 1.82) is 0 Å². The van der Waals surface area contributed by atoms with Crippen LogP contribution in [0.5, 0.6) is 0 Å². The van der Waals surface area contributed by atoms with Crippen LogP contribution in [0.15, 0.2) is 48.5 Å². The molecule has 2 aromatic carbocycles. The number of aryl methyl sites for hydroxylation is 1. The highest BCUT2D eigenvalue weighted by Crippen LogP contribution is 2.24. The van der Waals surface area contributed by atoms with Crippen LogP contribution in [0.4, 0.5) is 11.4 Å². The van der Waals surface area contributed by atoms with E-state index in [1.165, 1.54) is 4.31 Å². The van der Waals surface area contributed by atoms with Gasteiger partial charge < -0.3 is 5.32 Å². The fourth-order valence-corrected chi connectivity index (χ4v) is 4.11. The molecule has 6 heteroatoms. The minimum atomic E-state index is -3.19. The lowest BCUT2D eigenvalue weighted by molar-refractivity contribution is 0.102.